The van der Waals surface area contributed by atoms with Gasteiger partial charge in [-0.25, -0.2) is 4.39 Å². The first kappa shape index (κ1) is 17.6. The van der Waals surface area contributed by atoms with Crippen LogP contribution in [0.4, 0.5) is 17.6 Å². The van der Waals surface area contributed by atoms with Crippen molar-refractivity contribution in [3.8, 4) is 0 Å². The summed E-state index contributed by atoms with van der Waals surface area (Å²) in [5, 5.41) is 3.53. The number of hydrogen-bond donors (Lipinski definition) is 2. The van der Waals surface area contributed by atoms with Gasteiger partial charge in [0.1, 0.15) is 18.4 Å². The Bertz CT molecular complexity index is 594. The van der Waals surface area contributed by atoms with Gasteiger partial charge in [-0.05, 0) is 18.1 Å². The average molecular weight is 350 g/mol. The Morgan fingerprint density at radius 2 is 2.04 bits per heavy atom. The average Bonchev–Trinajstić information content (AvgIpc) is 2.48. The third kappa shape index (κ3) is 5.12. The molecule has 0 bridgehead atoms. The summed E-state index contributed by atoms with van der Waals surface area (Å²) in [5.74, 6) is -1.66. The Morgan fingerprint density at radius 3 is 2.65 bits per heavy atom. The minimum atomic E-state index is -4.51. The second-order valence-corrected chi connectivity index (χ2v) is 6.25. The standard InChI is InChI=1S/C14H14F4N2O2S/c15-9-4-2-1-3-8(9)5-11-13(22)20-10(6-23-11)12(21)19-7-14(16,17)18/h1-4,10-11H,5-7H2,(H,19,21)(H,20,22)/t10-,11-/m0/s1. The molecule has 0 radical (unpaired) electrons. The first-order valence-electron chi connectivity index (χ1n) is 6.76. The molecule has 0 saturated carbocycles. The fourth-order valence-corrected chi connectivity index (χ4v) is 3.24. The van der Waals surface area contributed by atoms with E-state index in [0.29, 0.717) is 5.56 Å². The normalized spacial score (nSPS) is 21.7. The zero-order valence-corrected chi connectivity index (χ0v) is 12.6. The number of benzene rings is 1. The Labute approximate surface area is 134 Å². The summed E-state index contributed by atoms with van der Waals surface area (Å²) in [6.07, 6.45) is -4.35. The van der Waals surface area contributed by atoms with Gasteiger partial charge < -0.3 is 10.6 Å². The molecule has 2 N–H and O–H groups in total. The Morgan fingerprint density at radius 1 is 1.35 bits per heavy atom. The van der Waals surface area contributed by atoms with Crippen LogP contribution in [0.2, 0.25) is 0 Å². The number of halogens is 4. The fourth-order valence-electron chi connectivity index (χ4n) is 2.06. The number of alkyl halides is 3. The van der Waals surface area contributed by atoms with Crippen LogP contribution >= 0.6 is 11.8 Å². The summed E-state index contributed by atoms with van der Waals surface area (Å²) in [6, 6.07) is 5.01. The molecule has 0 aromatic heterocycles. The van der Waals surface area contributed by atoms with E-state index in [4.69, 9.17) is 0 Å². The van der Waals surface area contributed by atoms with Crippen molar-refractivity contribution in [3.05, 3.63) is 35.6 Å². The summed E-state index contributed by atoms with van der Waals surface area (Å²) in [4.78, 5) is 23.6. The molecule has 1 fully saturated rings. The van der Waals surface area contributed by atoms with Gasteiger partial charge in [0.15, 0.2) is 0 Å². The highest BCUT2D eigenvalue weighted by atomic mass is 32.2. The molecule has 2 amide bonds. The molecule has 9 heteroatoms. The lowest BCUT2D eigenvalue weighted by Crippen LogP contribution is -2.55. The molecular formula is C14H14F4N2O2S. The van der Waals surface area contributed by atoms with Crippen molar-refractivity contribution in [1.82, 2.24) is 10.6 Å². The van der Waals surface area contributed by atoms with Crippen molar-refractivity contribution < 1.29 is 27.2 Å². The number of carbonyl (C=O) groups is 2. The van der Waals surface area contributed by atoms with Gasteiger partial charge >= 0.3 is 6.18 Å². The summed E-state index contributed by atoms with van der Waals surface area (Å²) >= 11 is 1.12. The molecule has 1 aliphatic rings. The molecule has 1 heterocycles. The lowest BCUT2D eigenvalue weighted by atomic mass is 10.1. The van der Waals surface area contributed by atoms with Crippen LogP contribution in [-0.4, -0.2) is 41.6 Å². The van der Waals surface area contributed by atoms with E-state index in [-0.39, 0.29) is 12.2 Å². The van der Waals surface area contributed by atoms with E-state index in [0.717, 1.165) is 11.8 Å². The van der Waals surface area contributed by atoms with Crippen LogP contribution < -0.4 is 10.6 Å². The van der Waals surface area contributed by atoms with Crippen LogP contribution in [0.1, 0.15) is 5.56 Å². The van der Waals surface area contributed by atoms with Gasteiger partial charge in [0, 0.05) is 5.75 Å². The smallest absolute Gasteiger partial charge is 0.345 e. The molecule has 1 aromatic carbocycles. The highest BCUT2D eigenvalue weighted by Gasteiger charge is 2.34. The second kappa shape index (κ2) is 7.20. The summed E-state index contributed by atoms with van der Waals surface area (Å²) in [5.41, 5.74) is 0.375. The van der Waals surface area contributed by atoms with Crippen molar-refractivity contribution in [2.75, 3.05) is 12.3 Å². The van der Waals surface area contributed by atoms with E-state index >= 15 is 0 Å². The SMILES string of the molecule is O=C(NCC(F)(F)F)[C@@H]1CS[C@@H](Cc2ccccc2F)C(=O)N1. The van der Waals surface area contributed by atoms with E-state index in [9.17, 15) is 27.2 Å². The van der Waals surface area contributed by atoms with Crippen molar-refractivity contribution in [1.29, 1.82) is 0 Å². The van der Waals surface area contributed by atoms with E-state index in [2.05, 4.69) is 5.32 Å². The lowest BCUT2D eigenvalue weighted by Gasteiger charge is -2.28. The number of hydrogen-bond acceptors (Lipinski definition) is 3. The predicted octanol–water partition coefficient (Wildman–Crippen LogP) is 1.65. The number of amides is 2. The lowest BCUT2D eigenvalue weighted by molar-refractivity contribution is -0.140. The number of rotatable bonds is 4. The van der Waals surface area contributed by atoms with Crippen molar-refractivity contribution in [3.63, 3.8) is 0 Å². The number of thioether (sulfide) groups is 1. The zero-order chi connectivity index (χ0) is 17.0. The third-order valence-electron chi connectivity index (χ3n) is 3.22. The van der Waals surface area contributed by atoms with Gasteiger partial charge in [0.05, 0.1) is 5.25 Å². The zero-order valence-electron chi connectivity index (χ0n) is 11.8. The van der Waals surface area contributed by atoms with Gasteiger partial charge in [0.2, 0.25) is 11.8 Å². The second-order valence-electron chi connectivity index (χ2n) is 5.01. The molecule has 126 valence electrons. The molecule has 1 aromatic rings. The third-order valence-corrected chi connectivity index (χ3v) is 4.52. The first-order chi connectivity index (χ1) is 10.8. The predicted molar refractivity (Wildman–Crippen MR) is 77.3 cm³/mol. The Hall–Kier alpha value is -1.77. The summed E-state index contributed by atoms with van der Waals surface area (Å²) in [7, 11) is 0. The van der Waals surface area contributed by atoms with Crippen LogP contribution in [0.3, 0.4) is 0 Å². The molecule has 0 spiro atoms. The maximum atomic E-state index is 13.6. The van der Waals surface area contributed by atoms with Crippen LogP contribution in [0.15, 0.2) is 24.3 Å². The van der Waals surface area contributed by atoms with Crippen LogP contribution in [0, 0.1) is 5.82 Å². The Balaban J connectivity index is 1.89. The van der Waals surface area contributed by atoms with Gasteiger partial charge in [-0.3, -0.25) is 9.59 Å². The molecule has 2 rings (SSSR count). The largest absolute Gasteiger partial charge is 0.405 e. The topological polar surface area (TPSA) is 58.2 Å². The van der Waals surface area contributed by atoms with Gasteiger partial charge in [-0.15, -0.1) is 11.8 Å². The minimum absolute atomic E-state index is 0.133. The van der Waals surface area contributed by atoms with E-state index < -0.39 is 41.6 Å². The van der Waals surface area contributed by atoms with Crippen LogP contribution in [-0.2, 0) is 16.0 Å². The van der Waals surface area contributed by atoms with Crippen LogP contribution in [0.25, 0.3) is 0 Å². The number of nitrogens with one attached hydrogen (secondary N) is 2. The maximum Gasteiger partial charge on any atom is 0.405 e. The van der Waals surface area contributed by atoms with Crippen molar-refractivity contribution in [2.24, 2.45) is 0 Å². The molecule has 0 aliphatic carbocycles. The molecule has 1 aliphatic heterocycles. The Kier molecular flexibility index (Phi) is 5.51. The van der Waals surface area contributed by atoms with Gasteiger partial charge in [-0.1, -0.05) is 18.2 Å². The highest BCUT2D eigenvalue weighted by Crippen LogP contribution is 2.23. The quantitative estimate of drug-likeness (QED) is 0.812. The molecule has 2 atom stereocenters. The molecular weight excluding hydrogens is 336 g/mol. The maximum absolute atomic E-state index is 13.6. The van der Waals surface area contributed by atoms with Crippen molar-refractivity contribution in [2.45, 2.75) is 23.9 Å². The molecule has 4 nitrogen and oxygen atoms in total. The van der Waals surface area contributed by atoms with Crippen molar-refractivity contribution >= 4 is 23.6 Å². The van der Waals surface area contributed by atoms with E-state index in [1.165, 1.54) is 12.1 Å². The molecule has 0 unspecified atom stereocenters. The molecule has 23 heavy (non-hydrogen) atoms. The summed E-state index contributed by atoms with van der Waals surface area (Å²) in [6.45, 7) is -1.44. The van der Waals surface area contributed by atoms with Gasteiger partial charge in [0.25, 0.3) is 0 Å². The highest BCUT2D eigenvalue weighted by molar-refractivity contribution is 8.00. The first-order valence-corrected chi connectivity index (χ1v) is 7.81. The number of carbonyl (C=O) groups excluding carboxylic acids is 2. The van der Waals surface area contributed by atoms with E-state index in [1.54, 1.807) is 17.4 Å². The van der Waals surface area contributed by atoms with E-state index in [1.807, 2.05) is 0 Å². The minimum Gasteiger partial charge on any atom is -0.345 e. The van der Waals surface area contributed by atoms with Crippen LogP contribution in [0.5, 0.6) is 0 Å². The fraction of sp³-hybridized carbons (Fsp3) is 0.429. The molecule has 1 saturated heterocycles. The van der Waals surface area contributed by atoms with Gasteiger partial charge in [-0.2, -0.15) is 13.2 Å². The monoisotopic (exact) mass is 350 g/mol. The summed E-state index contributed by atoms with van der Waals surface area (Å²) < 4.78 is 49.8.